The number of nitrogens with one attached hydrogen (secondary N) is 1. The summed E-state index contributed by atoms with van der Waals surface area (Å²) < 4.78 is 18.4. The molecule has 0 bridgehead atoms. The molecule has 1 heterocycles. The van der Waals surface area contributed by atoms with Gasteiger partial charge < -0.3 is 10.1 Å². The van der Waals surface area contributed by atoms with Crippen LogP contribution in [0.2, 0.25) is 0 Å². The van der Waals surface area contributed by atoms with Crippen molar-refractivity contribution in [2.75, 3.05) is 40.0 Å². The lowest BCUT2D eigenvalue weighted by atomic mass is 9.97. The Morgan fingerprint density at radius 1 is 1.24 bits per heavy atom. The number of halogens is 2. The molecule has 0 saturated carbocycles. The zero-order chi connectivity index (χ0) is 14.5. The monoisotopic (exact) mass is 316 g/mol. The van der Waals surface area contributed by atoms with Crippen molar-refractivity contribution in [3.63, 3.8) is 0 Å². The molecule has 0 spiro atoms. The van der Waals surface area contributed by atoms with Gasteiger partial charge in [0.1, 0.15) is 5.75 Å². The van der Waals surface area contributed by atoms with Crippen LogP contribution in [0.25, 0.3) is 0 Å². The molecule has 0 aromatic heterocycles. The first-order chi connectivity index (χ1) is 9.67. The molecule has 0 unspecified atom stereocenters. The number of rotatable bonds is 5. The SMILES string of the molecule is COc1c(C)cc([C@@H](CCF)N2CCNCC2)cc1C.Cl. The number of hydrogen-bond donors (Lipinski definition) is 1. The summed E-state index contributed by atoms with van der Waals surface area (Å²) in [6.07, 6.45) is 0.561. The van der Waals surface area contributed by atoms with E-state index in [1.165, 1.54) is 5.56 Å². The summed E-state index contributed by atoms with van der Waals surface area (Å²) >= 11 is 0. The summed E-state index contributed by atoms with van der Waals surface area (Å²) in [6.45, 7) is 7.76. The smallest absolute Gasteiger partial charge is 0.124 e. The third kappa shape index (κ3) is 4.31. The van der Waals surface area contributed by atoms with Crippen LogP contribution in [0.3, 0.4) is 0 Å². The van der Waals surface area contributed by atoms with Crippen molar-refractivity contribution in [3.05, 3.63) is 28.8 Å². The fourth-order valence-corrected chi connectivity index (χ4v) is 3.16. The van der Waals surface area contributed by atoms with E-state index < -0.39 is 0 Å². The Labute approximate surface area is 133 Å². The van der Waals surface area contributed by atoms with E-state index in [-0.39, 0.29) is 25.1 Å². The highest BCUT2D eigenvalue weighted by Gasteiger charge is 2.23. The first kappa shape index (κ1) is 18.2. The summed E-state index contributed by atoms with van der Waals surface area (Å²) in [5.41, 5.74) is 3.46. The molecule has 1 aliphatic heterocycles. The second-order valence-electron chi connectivity index (χ2n) is 5.47. The van der Waals surface area contributed by atoms with Crippen LogP contribution in [-0.2, 0) is 0 Å². The molecule has 120 valence electrons. The van der Waals surface area contributed by atoms with Crippen LogP contribution in [0.4, 0.5) is 4.39 Å². The van der Waals surface area contributed by atoms with Crippen molar-refractivity contribution in [1.82, 2.24) is 10.2 Å². The highest BCUT2D eigenvalue weighted by atomic mass is 35.5. The first-order valence-electron chi connectivity index (χ1n) is 7.33. The fourth-order valence-electron chi connectivity index (χ4n) is 3.16. The lowest BCUT2D eigenvalue weighted by Crippen LogP contribution is -2.45. The molecule has 1 aromatic rings. The van der Waals surface area contributed by atoms with Crippen molar-refractivity contribution in [2.45, 2.75) is 26.3 Å². The largest absolute Gasteiger partial charge is 0.496 e. The molecule has 1 N–H and O–H groups in total. The highest BCUT2D eigenvalue weighted by Crippen LogP contribution is 2.31. The zero-order valence-corrected chi connectivity index (χ0v) is 13.9. The van der Waals surface area contributed by atoms with Gasteiger partial charge in [0.15, 0.2) is 0 Å². The summed E-state index contributed by atoms with van der Waals surface area (Å²) in [5, 5.41) is 3.35. The minimum absolute atomic E-state index is 0. The van der Waals surface area contributed by atoms with Crippen molar-refractivity contribution < 1.29 is 9.13 Å². The Morgan fingerprint density at radius 2 is 1.81 bits per heavy atom. The fraction of sp³-hybridized carbons (Fsp3) is 0.625. The van der Waals surface area contributed by atoms with E-state index in [4.69, 9.17) is 4.74 Å². The number of ether oxygens (including phenoxy) is 1. The zero-order valence-electron chi connectivity index (χ0n) is 13.1. The molecule has 1 aliphatic rings. The van der Waals surface area contributed by atoms with Crippen LogP contribution in [0.15, 0.2) is 12.1 Å². The number of piperazine rings is 1. The number of benzene rings is 1. The van der Waals surface area contributed by atoms with E-state index in [1.54, 1.807) is 7.11 Å². The summed E-state index contributed by atoms with van der Waals surface area (Å²) in [6, 6.07) is 4.47. The molecular weight excluding hydrogens is 291 g/mol. The normalized spacial score (nSPS) is 17.1. The van der Waals surface area contributed by atoms with Gasteiger partial charge in [-0.05, 0) is 37.0 Å². The molecule has 2 rings (SSSR count). The quantitative estimate of drug-likeness (QED) is 0.903. The van der Waals surface area contributed by atoms with Crippen LogP contribution in [-0.4, -0.2) is 44.9 Å². The minimum atomic E-state index is -0.279. The van der Waals surface area contributed by atoms with Crippen molar-refractivity contribution in [1.29, 1.82) is 0 Å². The average molecular weight is 317 g/mol. The van der Waals surface area contributed by atoms with Gasteiger partial charge in [0, 0.05) is 32.2 Å². The topological polar surface area (TPSA) is 24.5 Å². The summed E-state index contributed by atoms with van der Waals surface area (Å²) in [5.74, 6) is 0.938. The van der Waals surface area contributed by atoms with Crippen LogP contribution in [0.5, 0.6) is 5.75 Å². The van der Waals surface area contributed by atoms with Crippen molar-refractivity contribution >= 4 is 12.4 Å². The molecule has 5 heteroatoms. The second kappa shape index (κ2) is 8.57. The Kier molecular flexibility index (Phi) is 7.43. The third-order valence-corrected chi connectivity index (χ3v) is 4.05. The Morgan fingerprint density at radius 3 is 2.29 bits per heavy atom. The van der Waals surface area contributed by atoms with Gasteiger partial charge in [-0.2, -0.15) is 0 Å². The average Bonchev–Trinajstić information content (AvgIpc) is 2.45. The lowest BCUT2D eigenvalue weighted by molar-refractivity contribution is 0.157. The summed E-state index contributed by atoms with van der Waals surface area (Å²) in [7, 11) is 1.70. The predicted molar refractivity (Wildman–Crippen MR) is 87.5 cm³/mol. The molecule has 1 aromatic carbocycles. The Hall–Kier alpha value is -0.840. The molecule has 1 atom stereocenters. The maximum Gasteiger partial charge on any atom is 0.124 e. The van der Waals surface area contributed by atoms with Crippen LogP contribution in [0, 0.1) is 13.8 Å². The third-order valence-electron chi connectivity index (χ3n) is 4.05. The number of methoxy groups -OCH3 is 1. The molecule has 3 nitrogen and oxygen atoms in total. The van der Waals surface area contributed by atoms with Gasteiger partial charge in [0.2, 0.25) is 0 Å². The van der Waals surface area contributed by atoms with Gasteiger partial charge in [-0.25, -0.2) is 0 Å². The number of alkyl halides is 1. The van der Waals surface area contributed by atoms with Crippen LogP contribution in [0.1, 0.15) is 29.2 Å². The van der Waals surface area contributed by atoms with Crippen LogP contribution >= 0.6 is 12.4 Å². The predicted octanol–water partition coefficient (Wildman–Crippen LogP) is 3.04. The molecule has 0 aliphatic carbocycles. The molecule has 21 heavy (non-hydrogen) atoms. The van der Waals surface area contributed by atoms with Crippen molar-refractivity contribution in [3.8, 4) is 5.75 Å². The van der Waals surface area contributed by atoms with Gasteiger partial charge in [0.25, 0.3) is 0 Å². The maximum atomic E-state index is 13.0. The molecule has 0 radical (unpaired) electrons. The van der Waals surface area contributed by atoms with E-state index in [2.05, 4.69) is 36.2 Å². The number of hydrogen-bond acceptors (Lipinski definition) is 3. The van der Waals surface area contributed by atoms with Gasteiger partial charge in [0.05, 0.1) is 13.8 Å². The summed E-state index contributed by atoms with van der Waals surface area (Å²) in [4.78, 5) is 2.39. The highest BCUT2D eigenvalue weighted by molar-refractivity contribution is 5.85. The van der Waals surface area contributed by atoms with E-state index in [1.807, 2.05) is 0 Å². The second-order valence-corrected chi connectivity index (χ2v) is 5.47. The first-order valence-corrected chi connectivity index (χ1v) is 7.33. The minimum Gasteiger partial charge on any atom is -0.496 e. The molecule has 0 amide bonds. The van der Waals surface area contributed by atoms with Gasteiger partial charge >= 0.3 is 0 Å². The molecule has 1 fully saturated rings. The van der Waals surface area contributed by atoms with Gasteiger partial charge in [-0.15, -0.1) is 12.4 Å². The standard InChI is InChI=1S/C16H25FN2O.ClH/c1-12-10-14(11-13(2)16(12)20-3)15(4-5-17)19-8-6-18-7-9-19;/h10-11,15,18H,4-9H2,1-3H3;1H/t15-;/m1./s1. The van der Waals surface area contributed by atoms with Gasteiger partial charge in [-0.1, -0.05) is 12.1 Å². The van der Waals surface area contributed by atoms with E-state index in [0.29, 0.717) is 6.42 Å². The number of aryl methyl sites for hydroxylation is 2. The number of nitrogens with zero attached hydrogens (tertiary/aromatic N) is 1. The Bertz CT molecular complexity index is 427. The van der Waals surface area contributed by atoms with E-state index in [0.717, 1.165) is 43.1 Å². The van der Waals surface area contributed by atoms with Gasteiger partial charge in [-0.3, -0.25) is 9.29 Å². The molecule has 1 saturated heterocycles. The van der Waals surface area contributed by atoms with E-state index >= 15 is 0 Å². The lowest BCUT2D eigenvalue weighted by Gasteiger charge is -2.35. The Balaban J connectivity index is 0.00000220. The van der Waals surface area contributed by atoms with Crippen LogP contribution < -0.4 is 10.1 Å². The maximum absolute atomic E-state index is 13.0. The molecular formula is C16H26ClFN2O. The van der Waals surface area contributed by atoms with Crippen molar-refractivity contribution in [2.24, 2.45) is 0 Å². The van der Waals surface area contributed by atoms with E-state index in [9.17, 15) is 4.39 Å².